The van der Waals surface area contributed by atoms with E-state index < -0.39 is 17.9 Å². The van der Waals surface area contributed by atoms with E-state index in [0.29, 0.717) is 18.1 Å². The van der Waals surface area contributed by atoms with E-state index >= 15 is 0 Å². The zero-order chi connectivity index (χ0) is 17.0. The van der Waals surface area contributed by atoms with E-state index in [0.717, 1.165) is 24.0 Å². The van der Waals surface area contributed by atoms with Crippen molar-refractivity contribution in [2.45, 2.75) is 52.0 Å². The number of nitrogens with one attached hydrogen (secondary N) is 1. The summed E-state index contributed by atoms with van der Waals surface area (Å²) in [5.74, 6) is 0.0269. The van der Waals surface area contributed by atoms with Crippen molar-refractivity contribution in [2.75, 3.05) is 6.61 Å². The van der Waals surface area contributed by atoms with Gasteiger partial charge in [0.1, 0.15) is 11.8 Å². The second-order valence-electron chi connectivity index (χ2n) is 6.62. The van der Waals surface area contributed by atoms with Crippen LogP contribution in [0, 0.1) is 12.8 Å². The molecular formula is C18H25NO4. The van der Waals surface area contributed by atoms with Crippen molar-refractivity contribution in [1.29, 1.82) is 0 Å². The maximum absolute atomic E-state index is 12.0. The third-order valence-corrected chi connectivity index (χ3v) is 4.05. The van der Waals surface area contributed by atoms with Crippen LogP contribution in [0.1, 0.15) is 50.2 Å². The third kappa shape index (κ3) is 5.27. The maximum atomic E-state index is 12.0. The molecule has 2 rings (SSSR count). The summed E-state index contributed by atoms with van der Waals surface area (Å²) in [7, 11) is 0. The molecule has 1 saturated carbocycles. The maximum Gasteiger partial charge on any atom is 0.326 e. The summed E-state index contributed by atoms with van der Waals surface area (Å²) < 4.78 is 5.64. The zero-order valence-electron chi connectivity index (χ0n) is 14.0. The van der Waals surface area contributed by atoms with Crippen LogP contribution in [0.5, 0.6) is 5.75 Å². The van der Waals surface area contributed by atoms with E-state index in [-0.39, 0.29) is 12.5 Å². The monoisotopic (exact) mass is 319 g/mol. The van der Waals surface area contributed by atoms with Crippen LogP contribution in [0.15, 0.2) is 18.2 Å². The zero-order valence-corrected chi connectivity index (χ0v) is 14.0. The lowest BCUT2D eigenvalue weighted by atomic mass is 10.0. The first kappa shape index (κ1) is 17.3. The van der Waals surface area contributed by atoms with Crippen LogP contribution >= 0.6 is 0 Å². The molecule has 0 saturated heterocycles. The number of ether oxygens (including phenoxy) is 1. The van der Waals surface area contributed by atoms with Crippen LogP contribution in [0.3, 0.4) is 0 Å². The number of carboxylic acid groups (broad SMARTS) is 1. The number of benzene rings is 1. The molecule has 0 heterocycles. The molecule has 5 nitrogen and oxygen atoms in total. The van der Waals surface area contributed by atoms with E-state index in [1.807, 2.05) is 25.1 Å². The van der Waals surface area contributed by atoms with Crippen LogP contribution in [0.2, 0.25) is 0 Å². The topological polar surface area (TPSA) is 75.6 Å². The summed E-state index contributed by atoms with van der Waals surface area (Å²) in [6, 6.07) is 5.10. The Bertz CT molecular complexity index is 578. The van der Waals surface area contributed by atoms with Gasteiger partial charge in [-0.1, -0.05) is 38.8 Å². The lowest BCUT2D eigenvalue weighted by Crippen LogP contribution is -2.43. The van der Waals surface area contributed by atoms with Crippen molar-refractivity contribution >= 4 is 11.9 Å². The van der Waals surface area contributed by atoms with Gasteiger partial charge in [-0.2, -0.15) is 0 Å². The SMILES string of the molecule is Cc1ccc(C(C)C)c(OCC(=O)NC(CC2CC2)C(=O)O)c1. The molecule has 0 bridgehead atoms. The van der Waals surface area contributed by atoms with E-state index in [9.17, 15) is 14.7 Å². The molecule has 126 valence electrons. The minimum Gasteiger partial charge on any atom is -0.483 e. The van der Waals surface area contributed by atoms with Gasteiger partial charge in [0.2, 0.25) is 0 Å². The van der Waals surface area contributed by atoms with Gasteiger partial charge in [-0.3, -0.25) is 4.79 Å². The van der Waals surface area contributed by atoms with Gasteiger partial charge in [-0.15, -0.1) is 0 Å². The molecule has 1 amide bonds. The first-order valence-corrected chi connectivity index (χ1v) is 8.12. The molecule has 0 radical (unpaired) electrons. The molecule has 1 aromatic carbocycles. The smallest absolute Gasteiger partial charge is 0.326 e. The largest absolute Gasteiger partial charge is 0.483 e. The minimum atomic E-state index is -0.983. The van der Waals surface area contributed by atoms with Crippen molar-refractivity contribution in [3.63, 3.8) is 0 Å². The minimum absolute atomic E-state index is 0.169. The molecule has 23 heavy (non-hydrogen) atoms. The van der Waals surface area contributed by atoms with Crippen LogP contribution in [0.4, 0.5) is 0 Å². The second kappa shape index (κ2) is 7.49. The Morgan fingerprint density at radius 2 is 2.04 bits per heavy atom. The Labute approximate surface area is 137 Å². The van der Waals surface area contributed by atoms with Gasteiger partial charge in [0.05, 0.1) is 0 Å². The number of aryl methyl sites for hydroxylation is 1. The Morgan fingerprint density at radius 1 is 1.35 bits per heavy atom. The van der Waals surface area contributed by atoms with Gasteiger partial charge in [0.25, 0.3) is 5.91 Å². The fourth-order valence-electron chi connectivity index (χ4n) is 2.53. The normalized spacial score (nSPS) is 15.3. The highest BCUT2D eigenvalue weighted by Crippen LogP contribution is 2.33. The summed E-state index contributed by atoms with van der Waals surface area (Å²) in [5.41, 5.74) is 2.10. The number of rotatable bonds is 8. The standard InChI is InChI=1S/C18H25NO4/c1-11(2)14-7-4-12(3)8-16(14)23-10-17(20)19-15(18(21)22)9-13-5-6-13/h4,7-8,11,13,15H,5-6,9-10H2,1-3H3,(H,19,20)(H,21,22). The van der Waals surface area contributed by atoms with Crippen LogP contribution in [0.25, 0.3) is 0 Å². The molecule has 1 atom stereocenters. The number of amides is 1. The predicted molar refractivity (Wildman–Crippen MR) is 87.7 cm³/mol. The number of carbonyl (C=O) groups excluding carboxylic acids is 1. The van der Waals surface area contributed by atoms with Gasteiger partial charge in [-0.05, 0) is 42.4 Å². The Hall–Kier alpha value is -2.04. The first-order chi connectivity index (χ1) is 10.9. The summed E-state index contributed by atoms with van der Waals surface area (Å²) in [6.45, 7) is 5.92. The molecule has 1 fully saturated rings. The molecule has 1 unspecified atom stereocenters. The summed E-state index contributed by atoms with van der Waals surface area (Å²) >= 11 is 0. The Kier molecular flexibility index (Phi) is 5.64. The summed E-state index contributed by atoms with van der Waals surface area (Å²) in [6.07, 6.45) is 2.61. The quantitative estimate of drug-likeness (QED) is 0.772. The highest BCUT2D eigenvalue weighted by atomic mass is 16.5. The van der Waals surface area contributed by atoms with Gasteiger partial charge in [0, 0.05) is 0 Å². The Balaban J connectivity index is 1.93. The fourth-order valence-corrected chi connectivity index (χ4v) is 2.53. The highest BCUT2D eigenvalue weighted by molar-refractivity contribution is 5.84. The highest BCUT2D eigenvalue weighted by Gasteiger charge is 2.30. The molecular weight excluding hydrogens is 294 g/mol. The van der Waals surface area contributed by atoms with Crippen LogP contribution in [-0.2, 0) is 9.59 Å². The lowest BCUT2D eigenvalue weighted by Gasteiger charge is -2.17. The van der Waals surface area contributed by atoms with Crippen molar-refractivity contribution in [3.05, 3.63) is 29.3 Å². The summed E-state index contributed by atoms with van der Waals surface area (Å²) in [5, 5.41) is 11.7. The van der Waals surface area contributed by atoms with Crippen molar-refractivity contribution in [2.24, 2.45) is 5.92 Å². The Morgan fingerprint density at radius 3 is 2.61 bits per heavy atom. The molecule has 1 aliphatic rings. The molecule has 0 aliphatic heterocycles. The molecule has 0 spiro atoms. The average Bonchev–Trinajstić information content (AvgIpc) is 3.28. The second-order valence-corrected chi connectivity index (χ2v) is 6.62. The predicted octanol–water partition coefficient (Wildman–Crippen LogP) is 2.87. The van der Waals surface area contributed by atoms with Crippen molar-refractivity contribution in [1.82, 2.24) is 5.32 Å². The molecule has 1 aliphatic carbocycles. The number of carbonyl (C=O) groups is 2. The molecule has 5 heteroatoms. The molecule has 1 aromatic rings. The van der Waals surface area contributed by atoms with E-state index in [1.165, 1.54) is 0 Å². The molecule has 0 aromatic heterocycles. The van der Waals surface area contributed by atoms with Gasteiger partial charge in [0.15, 0.2) is 6.61 Å². The number of aliphatic carboxylic acids is 1. The van der Waals surface area contributed by atoms with Crippen LogP contribution < -0.4 is 10.1 Å². The van der Waals surface area contributed by atoms with Gasteiger partial charge < -0.3 is 15.2 Å². The van der Waals surface area contributed by atoms with Crippen molar-refractivity contribution in [3.8, 4) is 5.75 Å². The number of hydrogen-bond donors (Lipinski definition) is 2. The van der Waals surface area contributed by atoms with E-state index in [1.54, 1.807) is 0 Å². The van der Waals surface area contributed by atoms with Gasteiger partial charge in [-0.25, -0.2) is 4.79 Å². The van der Waals surface area contributed by atoms with Crippen LogP contribution in [-0.4, -0.2) is 29.6 Å². The number of hydrogen-bond acceptors (Lipinski definition) is 3. The third-order valence-electron chi connectivity index (χ3n) is 4.05. The van der Waals surface area contributed by atoms with Gasteiger partial charge >= 0.3 is 5.97 Å². The fraction of sp³-hybridized carbons (Fsp3) is 0.556. The number of carboxylic acids is 1. The average molecular weight is 319 g/mol. The van der Waals surface area contributed by atoms with Crippen molar-refractivity contribution < 1.29 is 19.4 Å². The first-order valence-electron chi connectivity index (χ1n) is 8.12. The molecule has 2 N–H and O–H groups in total. The van der Waals surface area contributed by atoms with E-state index in [4.69, 9.17) is 4.74 Å². The summed E-state index contributed by atoms with van der Waals surface area (Å²) in [4.78, 5) is 23.2. The van der Waals surface area contributed by atoms with E-state index in [2.05, 4.69) is 19.2 Å². The lowest BCUT2D eigenvalue weighted by molar-refractivity contribution is -0.142.